The first-order valence-corrected chi connectivity index (χ1v) is 10.7. The molecule has 9 heteroatoms. The van der Waals surface area contributed by atoms with Crippen LogP contribution in [0.1, 0.15) is 25.3 Å². The molecule has 0 spiro atoms. The van der Waals surface area contributed by atoms with Gasteiger partial charge in [0.15, 0.2) is 0 Å². The van der Waals surface area contributed by atoms with Gasteiger partial charge in [-0.05, 0) is 38.8 Å². The molecule has 1 saturated heterocycles. The molecular weight excluding hydrogens is 380 g/mol. The largest absolute Gasteiger partial charge is 0.466 e. The molecule has 0 radical (unpaired) electrons. The van der Waals surface area contributed by atoms with Crippen LogP contribution in [0.4, 0.5) is 11.8 Å². The van der Waals surface area contributed by atoms with E-state index in [1.165, 1.54) is 18.3 Å². The van der Waals surface area contributed by atoms with Crippen LogP contribution in [-0.4, -0.2) is 44.1 Å². The number of piperidine rings is 1. The van der Waals surface area contributed by atoms with Gasteiger partial charge in [0.2, 0.25) is 15.8 Å². The van der Waals surface area contributed by atoms with E-state index in [1.807, 2.05) is 11.8 Å². The van der Waals surface area contributed by atoms with Crippen LogP contribution >= 0.6 is 0 Å². The molecule has 3 rings (SSSR count). The van der Waals surface area contributed by atoms with Gasteiger partial charge in [-0.25, -0.2) is 13.4 Å². The summed E-state index contributed by atoms with van der Waals surface area (Å²) >= 11 is 0. The molecule has 0 unspecified atom stereocenters. The maximum Gasteiger partial charge on any atom is 0.309 e. The van der Waals surface area contributed by atoms with Crippen molar-refractivity contribution in [1.29, 1.82) is 0 Å². The number of aryl methyl sites for hydroxylation is 1. The molecule has 2 heterocycles. The Hall–Kier alpha value is -2.68. The SMILES string of the molecule is CCOC(=O)C1CCN(c2ncc(S(=O)(=O)c3ccc(C)cc3)c(N)n2)CC1. The summed E-state index contributed by atoms with van der Waals surface area (Å²) in [5, 5.41) is 0. The predicted octanol–water partition coefficient (Wildman–Crippen LogP) is 1.98. The lowest BCUT2D eigenvalue weighted by Gasteiger charge is -2.30. The molecule has 0 amide bonds. The van der Waals surface area contributed by atoms with E-state index in [-0.39, 0.29) is 27.5 Å². The van der Waals surface area contributed by atoms with Gasteiger partial charge >= 0.3 is 5.97 Å². The minimum Gasteiger partial charge on any atom is -0.466 e. The van der Waals surface area contributed by atoms with Crippen LogP contribution in [0.5, 0.6) is 0 Å². The van der Waals surface area contributed by atoms with E-state index in [4.69, 9.17) is 10.5 Å². The molecule has 1 aliphatic heterocycles. The van der Waals surface area contributed by atoms with Gasteiger partial charge < -0.3 is 15.4 Å². The highest BCUT2D eigenvalue weighted by Crippen LogP contribution is 2.27. The van der Waals surface area contributed by atoms with E-state index in [0.29, 0.717) is 38.5 Å². The number of sulfone groups is 1. The van der Waals surface area contributed by atoms with E-state index < -0.39 is 9.84 Å². The van der Waals surface area contributed by atoms with Crippen molar-refractivity contribution in [2.45, 2.75) is 36.5 Å². The molecule has 2 N–H and O–H groups in total. The highest BCUT2D eigenvalue weighted by atomic mass is 32.2. The maximum absolute atomic E-state index is 12.8. The van der Waals surface area contributed by atoms with Crippen molar-refractivity contribution >= 4 is 27.6 Å². The van der Waals surface area contributed by atoms with E-state index in [2.05, 4.69) is 9.97 Å². The fourth-order valence-electron chi connectivity index (χ4n) is 3.15. The molecular formula is C19H24N4O4S. The zero-order valence-corrected chi connectivity index (χ0v) is 16.8. The first-order chi connectivity index (χ1) is 13.3. The molecule has 1 fully saturated rings. The average Bonchev–Trinajstić information content (AvgIpc) is 2.68. The van der Waals surface area contributed by atoms with Crippen LogP contribution in [0.2, 0.25) is 0 Å². The first-order valence-electron chi connectivity index (χ1n) is 9.18. The Morgan fingerprint density at radius 2 is 1.89 bits per heavy atom. The summed E-state index contributed by atoms with van der Waals surface area (Å²) in [6.07, 6.45) is 2.52. The van der Waals surface area contributed by atoms with Crippen molar-refractivity contribution in [3.63, 3.8) is 0 Å². The van der Waals surface area contributed by atoms with Gasteiger partial charge in [0.05, 0.1) is 23.6 Å². The van der Waals surface area contributed by atoms with Gasteiger partial charge in [0, 0.05) is 13.1 Å². The zero-order chi connectivity index (χ0) is 20.3. The lowest BCUT2D eigenvalue weighted by atomic mass is 9.97. The van der Waals surface area contributed by atoms with Gasteiger partial charge in [0.25, 0.3) is 0 Å². The smallest absolute Gasteiger partial charge is 0.309 e. The van der Waals surface area contributed by atoms with E-state index >= 15 is 0 Å². The molecule has 150 valence electrons. The third-order valence-corrected chi connectivity index (χ3v) is 6.58. The summed E-state index contributed by atoms with van der Waals surface area (Å²) < 4.78 is 30.7. The lowest BCUT2D eigenvalue weighted by Crippen LogP contribution is -2.38. The number of aromatic nitrogens is 2. The Morgan fingerprint density at radius 3 is 2.46 bits per heavy atom. The Balaban J connectivity index is 1.76. The summed E-state index contributed by atoms with van der Waals surface area (Å²) in [6.45, 7) is 5.19. The number of nitrogens with zero attached hydrogens (tertiary/aromatic N) is 3. The number of hydrogen-bond acceptors (Lipinski definition) is 8. The number of hydrogen-bond donors (Lipinski definition) is 1. The number of carbonyl (C=O) groups excluding carboxylic acids is 1. The van der Waals surface area contributed by atoms with Crippen molar-refractivity contribution < 1.29 is 17.9 Å². The number of nitrogen functional groups attached to an aromatic ring is 1. The number of benzene rings is 1. The summed E-state index contributed by atoms with van der Waals surface area (Å²) in [6, 6.07) is 6.54. The maximum atomic E-state index is 12.8. The summed E-state index contributed by atoms with van der Waals surface area (Å²) in [4.78, 5) is 22.2. The van der Waals surface area contributed by atoms with Crippen LogP contribution in [0.15, 0.2) is 40.3 Å². The number of nitrogens with two attached hydrogens (primary N) is 1. The molecule has 1 aromatic carbocycles. The highest BCUT2D eigenvalue weighted by molar-refractivity contribution is 7.91. The second-order valence-electron chi connectivity index (χ2n) is 6.75. The fraction of sp³-hybridized carbons (Fsp3) is 0.421. The monoisotopic (exact) mass is 404 g/mol. The van der Waals surface area contributed by atoms with Crippen LogP contribution in [-0.2, 0) is 19.4 Å². The third-order valence-electron chi connectivity index (χ3n) is 4.79. The first kappa shape index (κ1) is 20.1. The summed E-state index contributed by atoms with van der Waals surface area (Å²) in [5.41, 5.74) is 6.93. The standard InChI is InChI=1S/C19H24N4O4S/c1-3-27-18(24)14-8-10-23(11-9-14)19-21-12-16(17(20)22-19)28(25,26)15-6-4-13(2)5-7-15/h4-7,12,14H,3,8-11H2,1-2H3,(H2,20,21,22). The van der Waals surface area contributed by atoms with E-state index in [9.17, 15) is 13.2 Å². The highest BCUT2D eigenvalue weighted by Gasteiger charge is 2.28. The number of rotatable bonds is 5. The molecule has 1 aromatic heterocycles. The summed E-state index contributed by atoms with van der Waals surface area (Å²) in [7, 11) is -3.79. The zero-order valence-electron chi connectivity index (χ0n) is 16.0. The molecule has 0 atom stereocenters. The van der Waals surface area contributed by atoms with E-state index in [1.54, 1.807) is 19.1 Å². The molecule has 0 saturated carbocycles. The fourth-order valence-corrected chi connectivity index (χ4v) is 4.41. The molecule has 2 aromatic rings. The molecule has 0 bridgehead atoms. The summed E-state index contributed by atoms with van der Waals surface area (Å²) in [5.74, 6) is -0.0300. The molecule has 8 nitrogen and oxygen atoms in total. The molecule has 28 heavy (non-hydrogen) atoms. The van der Waals surface area contributed by atoms with Gasteiger partial charge in [0.1, 0.15) is 10.7 Å². The topological polar surface area (TPSA) is 115 Å². The number of ether oxygens (including phenoxy) is 1. The van der Waals surface area contributed by atoms with E-state index in [0.717, 1.165) is 5.56 Å². The predicted molar refractivity (Wildman–Crippen MR) is 105 cm³/mol. The number of esters is 1. The van der Waals surface area contributed by atoms with Crippen LogP contribution in [0.25, 0.3) is 0 Å². The van der Waals surface area contributed by atoms with Crippen molar-refractivity contribution in [2.75, 3.05) is 30.3 Å². The van der Waals surface area contributed by atoms with Gasteiger partial charge in [-0.15, -0.1) is 0 Å². The minimum atomic E-state index is -3.79. The molecule has 1 aliphatic rings. The van der Waals surface area contributed by atoms with Gasteiger partial charge in [-0.1, -0.05) is 17.7 Å². The Kier molecular flexibility index (Phi) is 5.83. The second kappa shape index (κ2) is 8.14. The Morgan fingerprint density at radius 1 is 1.25 bits per heavy atom. The Bertz CT molecular complexity index is 952. The Labute approximate surface area is 164 Å². The van der Waals surface area contributed by atoms with Crippen molar-refractivity contribution in [1.82, 2.24) is 9.97 Å². The number of anilines is 2. The van der Waals surface area contributed by atoms with Crippen LogP contribution in [0.3, 0.4) is 0 Å². The van der Waals surface area contributed by atoms with Crippen LogP contribution < -0.4 is 10.6 Å². The van der Waals surface area contributed by atoms with Crippen molar-refractivity contribution in [3.8, 4) is 0 Å². The quantitative estimate of drug-likeness (QED) is 0.752. The normalized spacial score (nSPS) is 15.4. The van der Waals surface area contributed by atoms with Gasteiger partial charge in [-0.3, -0.25) is 4.79 Å². The number of carbonyl (C=O) groups is 1. The molecule has 0 aliphatic carbocycles. The van der Waals surface area contributed by atoms with Crippen molar-refractivity contribution in [2.24, 2.45) is 5.92 Å². The minimum absolute atomic E-state index is 0.0851. The van der Waals surface area contributed by atoms with Crippen LogP contribution in [0, 0.1) is 12.8 Å². The second-order valence-corrected chi connectivity index (χ2v) is 8.67. The lowest BCUT2D eigenvalue weighted by molar-refractivity contribution is -0.148. The van der Waals surface area contributed by atoms with Gasteiger partial charge in [-0.2, -0.15) is 4.98 Å². The van der Waals surface area contributed by atoms with Crippen molar-refractivity contribution in [3.05, 3.63) is 36.0 Å². The third kappa shape index (κ3) is 4.09. The average molecular weight is 404 g/mol.